The third-order valence-electron chi connectivity index (χ3n) is 4.84. The van der Waals surface area contributed by atoms with Gasteiger partial charge in [-0.2, -0.15) is 0 Å². The van der Waals surface area contributed by atoms with E-state index in [0.29, 0.717) is 66.4 Å². The largest absolute Gasteiger partial charge is 0.492 e. The van der Waals surface area contributed by atoms with Crippen LogP contribution in [-0.4, -0.2) is 21.6 Å². The molecule has 0 saturated heterocycles. The van der Waals surface area contributed by atoms with Crippen molar-refractivity contribution in [2.24, 2.45) is 11.8 Å². The minimum atomic E-state index is -3.58. The minimum absolute atomic E-state index is 0.293. The summed E-state index contributed by atoms with van der Waals surface area (Å²) >= 11 is 6.93. The van der Waals surface area contributed by atoms with Crippen LogP contribution in [0.2, 0.25) is 0 Å². The normalized spacial score (nSPS) is 14.2. The molecule has 0 N–H and O–H groups in total. The van der Waals surface area contributed by atoms with E-state index in [1.54, 1.807) is 12.1 Å². The summed E-state index contributed by atoms with van der Waals surface area (Å²) in [6, 6.07) is 6.91. The highest BCUT2D eigenvalue weighted by Gasteiger charge is 2.35. The summed E-state index contributed by atoms with van der Waals surface area (Å²) in [7, 11) is -3.58. The van der Waals surface area contributed by atoms with E-state index in [9.17, 15) is 8.42 Å². The first-order valence-electron chi connectivity index (χ1n) is 9.79. The predicted octanol–water partition coefficient (Wildman–Crippen LogP) is 6.87. The molecule has 7 heteroatoms. The second-order valence-corrected chi connectivity index (χ2v) is 11.7. The first kappa shape index (κ1) is 22.6. The number of fused-ring (bicyclic) bond motifs is 3. The van der Waals surface area contributed by atoms with Gasteiger partial charge in [0.15, 0.2) is 0 Å². The van der Waals surface area contributed by atoms with Crippen LogP contribution in [0.3, 0.4) is 0 Å². The number of hydrogen-bond acceptors (Lipinski definition) is 4. The molecule has 0 saturated carbocycles. The maximum absolute atomic E-state index is 13.1. The number of ether oxygens (including phenoxy) is 2. The van der Waals surface area contributed by atoms with Gasteiger partial charge in [-0.1, -0.05) is 27.7 Å². The first-order chi connectivity index (χ1) is 13.6. The lowest BCUT2D eigenvalue weighted by atomic mass is 10.1. The number of benzene rings is 2. The molecule has 1 aliphatic rings. The lowest BCUT2D eigenvalue weighted by Crippen LogP contribution is -2.03. The van der Waals surface area contributed by atoms with Crippen molar-refractivity contribution in [3.05, 3.63) is 33.2 Å². The van der Waals surface area contributed by atoms with Crippen LogP contribution in [0.4, 0.5) is 0 Å². The zero-order chi connectivity index (χ0) is 21.3. The predicted molar refractivity (Wildman–Crippen MR) is 123 cm³/mol. The van der Waals surface area contributed by atoms with Gasteiger partial charge < -0.3 is 9.47 Å². The third kappa shape index (κ3) is 4.83. The van der Waals surface area contributed by atoms with Crippen molar-refractivity contribution in [1.29, 1.82) is 0 Å². The Morgan fingerprint density at radius 2 is 1.14 bits per heavy atom. The summed E-state index contributed by atoms with van der Waals surface area (Å²) in [6.07, 6.45) is 1.86. The van der Waals surface area contributed by atoms with E-state index in [2.05, 4.69) is 59.6 Å². The maximum Gasteiger partial charge on any atom is 0.207 e. The summed E-state index contributed by atoms with van der Waals surface area (Å²) < 4.78 is 39.3. The van der Waals surface area contributed by atoms with Gasteiger partial charge in [-0.05, 0) is 80.8 Å². The third-order valence-corrected chi connectivity index (χ3v) is 7.92. The molecule has 158 valence electrons. The molecule has 2 aromatic rings. The van der Waals surface area contributed by atoms with E-state index in [1.807, 2.05) is 12.1 Å². The van der Waals surface area contributed by atoms with E-state index in [4.69, 9.17) is 9.47 Å². The molecule has 0 aliphatic carbocycles. The molecule has 0 unspecified atom stereocenters. The van der Waals surface area contributed by atoms with Gasteiger partial charge in [0.05, 0.1) is 32.0 Å². The zero-order valence-corrected chi connectivity index (χ0v) is 21.1. The molecule has 0 amide bonds. The SMILES string of the molecule is CC(C)CCOc1cc2c(cc1Br)S(=O)(=O)c1cc(Br)c(OCCC(C)C)cc1-2. The first-order valence-corrected chi connectivity index (χ1v) is 12.9. The van der Waals surface area contributed by atoms with E-state index in [-0.39, 0.29) is 0 Å². The summed E-state index contributed by atoms with van der Waals surface area (Å²) in [5.41, 5.74) is 1.31. The van der Waals surface area contributed by atoms with E-state index in [0.717, 1.165) is 12.8 Å². The second kappa shape index (κ2) is 8.98. The highest BCUT2D eigenvalue weighted by Crippen LogP contribution is 2.49. The summed E-state index contributed by atoms with van der Waals surface area (Å²) in [5, 5.41) is 0. The van der Waals surface area contributed by atoms with Crippen LogP contribution in [-0.2, 0) is 9.84 Å². The Labute approximate surface area is 190 Å². The van der Waals surface area contributed by atoms with Gasteiger partial charge in [0.1, 0.15) is 11.5 Å². The molecule has 0 aromatic heterocycles. The van der Waals surface area contributed by atoms with Crippen LogP contribution >= 0.6 is 31.9 Å². The number of hydrogen-bond donors (Lipinski definition) is 0. The summed E-state index contributed by atoms with van der Waals surface area (Å²) in [6.45, 7) is 9.73. The smallest absolute Gasteiger partial charge is 0.207 e. The Morgan fingerprint density at radius 3 is 1.48 bits per heavy atom. The van der Waals surface area contributed by atoms with Crippen LogP contribution in [0.15, 0.2) is 43.0 Å². The van der Waals surface area contributed by atoms with Gasteiger partial charge in [0.2, 0.25) is 9.84 Å². The highest BCUT2D eigenvalue weighted by molar-refractivity contribution is 9.11. The molecular weight excluding hydrogens is 520 g/mol. The molecule has 4 nitrogen and oxygen atoms in total. The molecule has 0 bridgehead atoms. The summed E-state index contributed by atoms with van der Waals surface area (Å²) in [4.78, 5) is 0.587. The molecule has 0 spiro atoms. The average molecular weight is 546 g/mol. The average Bonchev–Trinajstić information content (AvgIpc) is 2.82. The van der Waals surface area contributed by atoms with Gasteiger partial charge in [0, 0.05) is 11.1 Å². The van der Waals surface area contributed by atoms with E-state index in [1.165, 1.54) is 0 Å². The fourth-order valence-electron chi connectivity index (χ4n) is 3.08. The van der Waals surface area contributed by atoms with Gasteiger partial charge >= 0.3 is 0 Å². The molecular formula is C22H26Br2O4S. The Bertz CT molecular complexity index is 938. The highest BCUT2D eigenvalue weighted by atomic mass is 79.9. The second-order valence-electron chi connectivity index (χ2n) is 8.12. The fraction of sp³-hybridized carbons (Fsp3) is 0.455. The lowest BCUT2D eigenvalue weighted by molar-refractivity contribution is 0.287. The zero-order valence-electron chi connectivity index (χ0n) is 17.1. The quantitative estimate of drug-likeness (QED) is 0.310. The Morgan fingerprint density at radius 1 is 0.759 bits per heavy atom. The van der Waals surface area contributed by atoms with Crippen molar-refractivity contribution in [3.63, 3.8) is 0 Å². The Kier molecular flexibility index (Phi) is 7.01. The molecule has 0 radical (unpaired) electrons. The number of rotatable bonds is 8. The summed E-state index contributed by atoms with van der Waals surface area (Å²) in [5.74, 6) is 2.37. The van der Waals surface area contributed by atoms with Crippen LogP contribution in [0, 0.1) is 11.8 Å². The monoisotopic (exact) mass is 544 g/mol. The Balaban J connectivity index is 2.00. The van der Waals surface area contributed by atoms with Crippen LogP contribution in [0.1, 0.15) is 40.5 Å². The molecule has 29 heavy (non-hydrogen) atoms. The van der Waals surface area contributed by atoms with E-state index < -0.39 is 9.84 Å². The maximum atomic E-state index is 13.1. The van der Waals surface area contributed by atoms with Crippen molar-refractivity contribution in [3.8, 4) is 22.6 Å². The lowest BCUT2D eigenvalue weighted by Gasteiger charge is -2.13. The van der Waals surface area contributed by atoms with Crippen molar-refractivity contribution < 1.29 is 17.9 Å². The molecule has 0 atom stereocenters. The van der Waals surface area contributed by atoms with Crippen molar-refractivity contribution in [2.45, 2.75) is 50.3 Å². The van der Waals surface area contributed by atoms with Crippen molar-refractivity contribution >= 4 is 41.7 Å². The van der Waals surface area contributed by atoms with Crippen LogP contribution in [0.5, 0.6) is 11.5 Å². The van der Waals surface area contributed by atoms with Crippen molar-refractivity contribution in [2.75, 3.05) is 13.2 Å². The molecule has 2 aromatic carbocycles. The molecule has 1 heterocycles. The molecule has 0 fully saturated rings. The molecule has 3 rings (SSSR count). The van der Waals surface area contributed by atoms with Gasteiger partial charge in [-0.25, -0.2) is 8.42 Å². The number of sulfone groups is 1. The Hall–Kier alpha value is -1.05. The van der Waals surface area contributed by atoms with E-state index >= 15 is 0 Å². The van der Waals surface area contributed by atoms with Gasteiger partial charge in [0.25, 0.3) is 0 Å². The fourth-order valence-corrected chi connectivity index (χ4v) is 6.00. The van der Waals surface area contributed by atoms with Gasteiger partial charge in [-0.3, -0.25) is 0 Å². The minimum Gasteiger partial charge on any atom is -0.492 e. The number of halogens is 2. The standard InChI is InChI=1S/C22H26Br2O4S/c1-13(2)5-7-27-19-9-15-16-10-20(28-8-6-14(3)4)18(24)12-22(16)29(25,26)21(15)11-17(19)23/h9-14H,5-8H2,1-4H3. The van der Waals surface area contributed by atoms with Crippen LogP contribution in [0.25, 0.3) is 11.1 Å². The van der Waals surface area contributed by atoms with Crippen LogP contribution < -0.4 is 9.47 Å². The topological polar surface area (TPSA) is 52.6 Å². The van der Waals surface area contributed by atoms with Gasteiger partial charge in [-0.15, -0.1) is 0 Å². The van der Waals surface area contributed by atoms with Crippen molar-refractivity contribution in [1.82, 2.24) is 0 Å². The molecule has 1 aliphatic heterocycles.